The molecule has 1 aromatic carbocycles. The van der Waals surface area contributed by atoms with E-state index in [0.29, 0.717) is 44.8 Å². The first kappa shape index (κ1) is 26.8. The van der Waals surface area contributed by atoms with Gasteiger partial charge in [-0.05, 0) is 67.2 Å². The third-order valence-electron chi connectivity index (χ3n) is 6.76. The second-order valence-corrected chi connectivity index (χ2v) is 11.3. The maximum absolute atomic E-state index is 14.0. The fraction of sp³-hybridized carbons (Fsp3) is 0.692. The number of aliphatic hydroxyl groups is 1. The average molecular weight is 540 g/mol. The minimum Gasteiger partial charge on any atom is -0.496 e. The van der Waals surface area contributed by atoms with Crippen LogP contribution in [0, 0.1) is 0 Å². The summed E-state index contributed by atoms with van der Waals surface area (Å²) in [6.45, 7) is 7.20. The summed E-state index contributed by atoms with van der Waals surface area (Å²) >= 11 is 3.55. The Kier molecular flexibility index (Phi) is 8.90. The van der Waals surface area contributed by atoms with Crippen LogP contribution < -0.4 is 4.74 Å². The Hall–Kier alpha value is -1.80. The molecule has 7 nitrogen and oxygen atoms in total. The minimum absolute atomic E-state index is 0.0796. The van der Waals surface area contributed by atoms with Crippen LogP contribution in [0.2, 0.25) is 0 Å². The summed E-state index contributed by atoms with van der Waals surface area (Å²) in [6.07, 6.45) is 5.99. The molecule has 1 aliphatic carbocycles. The van der Waals surface area contributed by atoms with Crippen molar-refractivity contribution in [3.63, 3.8) is 0 Å². The zero-order chi connectivity index (χ0) is 24.9. The first-order chi connectivity index (χ1) is 16.0. The Balaban J connectivity index is 1.83. The number of methoxy groups -OCH3 is 1. The quantitative estimate of drug-likeness (QED) is 0.577. The maximum Gasteiger partial charge on any atom is 0.410 e. The maximum atomic E-state index is 14.0. The Morgan fingerprint density at radius 3 is 2.09 bits per heavy atom. The van der Waals surface area contributed by atoms with Crippen molar-refractivity contribution in [1.82, 2.24) is 9.80 Å². The number of nitrogens with zero attached hydrogens (tertiary/aromatic N) is 2. The topological polar surface area (TPSA) is 79.3 Å². The molecule has 1 unspecified atom stereocenters. The van der Waals surface area contributed by atoms with Crippen LogP contribution in [0.3, 0.4) is 0 Å². The summed E-state index contributed by atoms with van der Waals surface area (Å²) in [7, 11) is 1.61. The van der Waals surface area contributed by atoms with E-state index in [2.05, 4.69) is 15.9 Å². The lowest BCUT2D eigenvalue weighted by atomic mass is 9.73. The predicted molar refractivity (Wildman–Crippen MR) is 135 cm³/mol. The van der Waals surface area contributed by atoms with Crippen LogP contribution >= 0.6 is 15.9 Å². The van der Waals surface area contributed by atoms with Crippen molar-refractivity contribution in [2.75, 3.05) is 33.3 Å². The number of hydrogen-bond acceptors (Lipinski definition) is 5. The van der Waals surface area contributed by atoms with E-state index < -0.39 is 17.1 Å². The SMILES string of the molecule is COc1ccc(C(C(=O)N2CCN(C(=O)OC(C)(C)C)CC2)C2(O)CCCCCCC2)cc1Br. The molecule has 34 heavy (non-hydrogen) atoms. The van der Waals surface area contributed by atoms with Crippen LogP contribution in [0.15, 0.2) is 22.7 Å². The van der Waals surface area contributed by atoms with Gasteiger partial charge in [-0.3, -0.25) is 4.79 Å². The molecule has 8 heteroatoms. The normalized spacial score (nSPS) is 20.2. The number of ether oxygens (including phenoxy) is 2. The van der Waals surface area contributed by atoms with Gasteiger partial charge in [0.05, 0.1) is 23.1 Å². The van der Waals surface area contributed by atoms with Crippen molar-refractivity contribution in [3.05, 3.63) is 28.2 Å². The summed E-state index contributed by atoms with van der Waals surface area (Å²) in [4.78, 5) is 29.9. The van der Waals surface area contributed by atoms with Gasteiger partial charge in [0.1, 0.15) is 11.4 Å². The molecule has 2 amide bonds. The lowest BCUT2D eigenvalue weighted by molar-refractivity contribution is -0.142. The summed E-state index contributed by atoms with van der Waals surface area (Å²) in [6, 6.07) is 5.63. The molecule has 3 rings (SSSR count). The Morgan fingerprint density at radius 2 is 1.56 bits per heavy atom. The highest BCUT2D eigenvalue weighted by Crippen LogP contribution is 2.41. The van der Waals surface area contributed by atoms with E-state index in [0.717, 1.165) is 35.7 Å². The van der Waals surface area contributed by atoms with Crippen molar-refractivity contribution in [2.45, 2.75) is 82.8 Å². The number of carbonyl (C=O) groups is 2. The first-order valence-electron chi connectivity index (χ1n) is 12.4. The van der Waals surface area contributed by atoms with Crippen molar-refractivity contribution in [2.24, 2.45) is 0 Å². The molecule has 0 spiro atoms. The monoisotopic (exact) mass is 538 g/mol. The molecular formula is C26H39BrN2O5. The predicted octanol–water partition coefficient (Wildman–Crippen LogP) is 5.10. The van der Waals surface area contributed by atoms with Gasteiger partial charge in [0.15, 0.2) is 0 Å². The van der Waals surface area contributed by atoms with E-state index in [1.807, 2.05) is 39.0 Å². The van der Waals surface area contributed by atoms with Crippen LogP contribution in [0.5, 0.6) is 5.75 Å². The van der Waals surface area contributed by atoms with Gasteiger partial charge in [-0.25, -0.2) is 4.79 Å². The van der Waals surface area contributed by atoms with Gasteiger partial charge in [-0.15, -0.1) is 0 Å². The van der Waals surface area contributed by atoms with Crippen molar-refractivity contribution >= 4 is 27.9 Å². The molecule has 0 radical (unpaired) electrons. The molecule has 1 heterocycles. The van der Waals surface area contributed by atoms with Crippen LogP contribution in [0.1, 0.15) is 77.2 Å². The molecule has 2 aliphatic rings. The highest BCUT2D eigenvalue weighted by Gasteiger charge is 2.44. The van der Waals surface area contributed by atoms with Crippen LogP contribution in [0.25, 0.3) is 0 Å². The van der Waals surface area contributed by atoms with Gasteiger partial charge in [-0.1, -0.05) is 38.2 Å². The minimum atomic E-state index is -1.10. The highest BCUT2D eigenvalue weighted by atomic mass is 79.9. The van der Waals surface area contributed by atoms with E-state index in [1.165, 1.54) is 6.42 Å². The summed E-state index contributed by atoms with van der Waals surface area (Å²) in [5.41, 5.74) is -0.873. The van der Waals surface area contributed by atoms with Crippen molar-refractivity contribution in [1.29, 1.82) is 0 Å². The third kappa shape index (κ3) is 6.66. The van der Waals surface area contributed by atoms with Gasteiger partial charge in [0.25, 0.3) is 0 Å². The lowest BCUT2D eigenvalue weighted by Crippen LogP contribution is -2.55. The van der Waals surface area contributed by atoms with E-state index in [-0.39, 0.29) is 12.0 Å². The number of carbonyl (C=O) groups excluding carboxylic acids is 2. The number of benzene rings is 1. The Labute approximate surface area is 211 Å². The summed E-state index contributed by atoms with van der Waals surface area (Å²) < 4.78 is 11.6. The molecule has 1 saturated carbocycles. The summed E-state index contributed by atoms with van der Waals surface area (Å²) in [5, 5.41) is 11.9. The molecule has 1 aromatic rings. The number of amides is 2. The van der Waals surface area contributed by atoms with Gasteiger partial charge in [0.2, 0.25) is 5.91 Å². The van der Waals surface area contributed by atoms with E-state index in [9.17, 15) is 14.7 Å². The fourth-order valence-corrected chi connectivity index (χ4v) is 5.53. The van der Waals surface area contributed by atoms with Crippen LogP contribution in [-0.4, -0.2) is 71.4 Å². The molecule has 1 saturated heterocycles. The van der Waals surface area contributed by atoms with Gasteiger partial charge in [0, 0.05) is 26.2 Å². The molecular weight excluding hydrogens is 500 g/mol. The van der Waals surface area contributed by atoms with Crippen LogP contribution in [-0.2, 0) is 9.53 Å². The molecule has 1 N–H and O–H groups in total. The fourth-order valence-electron chi connectivity index (χ4n) is 4.97. The second-order valence-electron chi connectivity index (χ2n) is 10.5. The largest absolute Gasteiger partial charge is 0.496 e. The van der Waals surface area contributed by atoms with Crippen molar-refractivity contribution < 1.29 is 24.2 Å². The van der Waals surface area contributed by atoms with E-state index in [1.54, 1.807) is 16.9 Å². The number of rotatable bonds is 4. The number of hydrogen-bond donors (Lipinski definition) is 1. The zero-order valence-corrected chi connectivity index (χ0v) is 22.5. The summed E-state index contributed by atoms with van der Waals surface area (Å²) in [5.74, 6) is -0.0598. The standard InChI is InChI=1S/C26H39BrN2O5/c1-25(2,3)34-24(31)29-16-14-28(15-17-29)23(30)22(19-10-11-21(33-4)20(27)18-19)26(32)12-8-6-5-7-9-13-26/h10-11,18,22,32H,5-9,12-17H2,1-4H3. The molecule has 0 aromatic heterocycles. The molecule has 190 valence electrons. The van der Waals surface area contributed by atoms with Crippen LogP contribution in [0.4, 0.5) is 4.79 Å². The first-order valence-corrected chi connectivity index (χ1v) is 13.2. The van der Waals surface area contributed by atoms with Crippen molar-refractivity contribution in [3.8, 4) is 5.75 Å². The van der Waals surface area contributed by atoms with Gasteiger partial charge >= 0.3 is 6.09 Å². The average Bonchev–Trinajstić information content (AvgIpc) is 2.76. The molecule has 1 atom stereocenters. The smallest absolute Gasteiger partial charge is 0.410 e. The Bertz CT molecular complexity index is 853. The highest BCUT2D eigenvalue weighted by molar-refractivity contribution is 9.10. The lowest BCUT2D eigenvalue weighted by Gasteiger charge is -2.42. The molecule has 0 bridgehead atoms. The zero-order valence-electron chi connectivity index (χ0n) is 20.9. The molecule has 2 fully saturated rings. The van der Waals surface area contributed by atoms with E-state index in [4.69, 9.17) is 9.47 Å². The number of piperazine rings is 1. The third-order valence-corrected chi connectivity index (χ3v) is 7.38. The number of halogens is 1. The second kappa shape index (κ2) is 11.3. The molecule has 1 aliphatic heterocycles. The van der Waals surface area contributed by atoms with Gasteiger partial charge < -0.3 is 24.4 Å². The van der Waals surface area contributed by atoms with E-state index >= 15 is 0 Å². The van der Waals surface area contributed by atoms with Gasteiger partial charge in [-0.2, -0.15) is 0 Å². The Morgan fingerprint density at radius 1 is 1.00 bits per heavy atom.